The molecule has 2 fully saturated rings. The van der Waals surface area contributed by atoms with Gasteiger partial charge >= 0.3 is 0 Å². The Labute approximate surface area is 261 Å². The Hall–Kier alpha value is -3.53. The Bertz CT molecular complexity index is 1500. The fraction of sp³-hybridized carbons (Fsp3) is 0.514. The van der Waals surface area contributed by atoms with E-state index in [2.05, 4.69) is 64.4 Å². The predicted octanol–water partition coefficient (Wildman–Crippen LogP) is 4.48. The van der Waals surface area contributed by atoms with Crippen molar-refractivity contribution in [3.63, 3.8) is 0 Å². The van der Waals surface area contributed by atoms with E-state index in [0.29, 0.717) is 29.3 Å². The Morgan fingerprint density at radius 2 is 1.80 bits per heavy atom. The zero-order chi connectivity index (χ0) is 31.4. The molecule has 4 heterocycles. The van der Waals surface area contributed by atoms with Crippen molar-refractivity contribution in [2.24, 2.45) is 0 Å². The van der Waals surface area contributed by atoms with E-state index >= 15 is 0 Å². The molecule has 9 nitrogen and oxygen atoms in total. The van der Waals surface area contributed by atoms with Crippen molar-refractivity contribution in [2.75, 3.05) is 37.7 Å². The molecule has 1 amide bonds. The second-order valence-corrected chi connectivity index (χ2v) is 12.6. The van der Waals surface area contributed by atoms with Crippen LogP contribution in [0.5, 0.6) is 0 Å². The largest absolute Gasteiger partial charge is 0.379 e. The van der Waals surface area contributed by atoms with E-state index in [4.69, 9.17) is 9.72 Å². The van der Waals surface area contributed by atoms with Gasteiger partial charge < -0.3 is 25.3 Å². The number of H-pyrrole nitrogens is 1. The summed E-state index contributed by atoms with van der Waals surface area (Å²) in [6.07, 6.45) is 4.00. The number of nitrogens with one attached hydrogen (secondary N) is 3. The third kappa shape index (κ3) is 7.39. The lowest BCUT2D eigenvalue weighted by molar-refractivity contribution is 0.0336. The SMILES string of the molecule is CCN(c1cc(-c2ccc(CN3CCOCC3)nc2)cc(C(=O)NCc2c(C)cc(C)[nH]c2=O)c1C)C1CC(C)NC(C)C1. The fourth-order valence-electron chi connectivity index (χ4n) is 6.86. The lowest BCUT2D eigenvalue weighted by Gasteiger charge is -2.41. The number of anilines is 1. The number of carbonyl (C=O) groups is 1. The molecule has 0 saturated carbocycles. The van der Waals surface area contributed by atoms with Crippen LogP contribution >= 0.6 is 0 Å². The molecule has 3 aromatic rings. The van der Waals surface area contributed by atoms with Crippen LogP contribution in [0.25, 0.3) is 11.1 Å². The molecule has 3 N–H and O–H groups in total. The fourth-order valence-corrected chi connectivity index (χ4v) is 6.86. The first-order valence-electron chi connectivity index (χ1n) is 16.0. The summed E-state index contributed by atoms with van der Waals surface area (Å²) >= 11 is 0. The molecule has 5 rings (SSSR count). The molecule has 0 bridgehead atoms. The van der Waals surface area contributed by atoms with Gasteiger partial charge in [0.25, 0.3) is 11.5 Å². The van der Waals surface area contributed by atoms with E-state index in [1.165, 1.54) is 0 Å². The molecule has 2 aromatic heterocycles. The zero-order valence-corrected chi connectivity index (χ0v) is 27.1. The second kappa shape index (κ2) is 14.1. The predicted molar refractivity (Wildman–Crippen MR) is 176 cm³/mol. The van der Waals surface area contributed by atoms with Crippen LogP contribution in [0.1, 0.15) is 72.0 Å². The minimum absolute atomic E-state index is 0.163. The smallest absolute Gasteiger partial charge is 0.253 e. The van der Waals surface area contributed by atoms with Crippen molar-refractivity contribution in [3.8, 4) is 11.1 Å². The lowest BCUT2D eigenvalue weighted by Crippen LogP contribution is -2.51. The maximum absolute atomic E-state index is 13.8. The number of piperidine rings is 1. The van der Waals surface area contributed by atoms with Gasteiger partial charge in [0.1, 0.15) is 0 Å². The summed E-state index contributed by atoms with van der Waals surface area (Å²) in [6, 6.07) is 11.5. The van der Waals surface area contributed by atoms with Crippen molar-refractivity contribution in [1.82, 2.24) is 25.5 Å². The number of rotatable bonds is 9. The second-order valence-electron chi connectivity index (χ2n) is 12.6. The maximum atomic E-state index is 13.8. The van der Waals surface area contributed by atoms with Crippen LogP contribution in [-0.4, -0.2) is 71.7 Å². The Kier molecular flexibility index (Phi) is 10.2. The number of morpholine rings is 1. The third-order valence-electron chi connectivity index (χ3n) is 9.10. The van der Waals surface area contributed by atoms with E-state index < -0.39 is 0 Å². The Balaban J connectivity index is 1.48. The third-order valence-corrected chi connectivity index (χ3v) is 9.10. The highest BCUT2D eigenvalue weighted by Gasteiger charge is 2.29. The molecular weight excluding hydrogens is 552 g/mol. The van der Waals surface area contributed by atoms with Gasteiger partial charge in [-0.1, -0.05) is 6.07 Å². The molecule has 2 saturated heterocycles. The minimum Gasteiger partial charge on any atom is -0.379 e. The molecular formula is C35H48N6O3. The number of nitrogens with zero attached hydrogens (tertiary/aromatic N) is 3. The normalized spacial score (nSPS) is 20.8. The summed E-state index contributed by atoms with van der Waals surface area (Å²) in [5, 5.41) is 6.71. The Morgan fingerprint density at radius 3 is 2.43 bits per heavy atom. The lowest BCUT2D eigenvalue weighted by atomic mass is 9.91. The molecule has 2 aliphatic rings. The van der Waals surface area contributed by atoms with Crippen LogP contribution in [-0.2, 0) is 17.8 Å². The number of benzene rings is 1. The van der Waals surface area contributed by atoms with Crippen LogP contribution in [0.15, 0.2) is 41.3 Å². The van der Waals surface area contributed by atoms with E-state index in [1.54, 1.807) is 0 Å². The zero-order valence-electron chi connectivity index (χ0n) is 27.1. The van der Waals surface area contributed by atoms with Crippen molar-refractivity contribution in [3.05, 3.63) is 80.5 Å². The summed E-state index contributed by atoms with van der Waals surface area (Å²) in [5.74, 6) is -0.190. The number of aromatic amines is 1. The molecule has 0 radical (unpaired) electrons. The van der Waals surface area contributed by atoms with Gasteiger partial charge in [-0.25, -0.2) is 0 Å². The van der Waals surface area contributed by atoms with Crippen LogP contribution in [0, 0.1) is 20.8 Å². The summed E-state index contributed by atoms with van der Waals surface area (Å²) in [4.78, 5) is 39.0. The van der Waals surface area contributed by atoms with Gasteiger partial charge in [0.15, 0.2) is 0 Å². The van der Waals surface area contributed by atoms with Gasteiger partial charge in [-0.2, -0.15) is 0 Å². The highest BCUT2D eigenvalue weighted by atomic mass is 16.5. The highest BCUT2D eigenvalue weighted by Crippen LogP contribution is 2.34. The van der Waals surface area contributed by atoms with E-state index in [0.717, 1.165) is 91.6 Å². The molecule has 0 spiro atoms. The summed E-state index contributed by atoms with van der Waals surface area (Å²) in [6.45, 7) is 17.6. The number of hydrogen-bond donors (Lipinski definition) is 3. The first-order chi connectivity index (χ1) is 21.1. The first kappa shape index (κ1) is 31.9. The molecule has 0 aliphatic carbocycles. The molecule has 9 heteroatoms. The number of pyridine rings is 2. The topological polar surface area (TPSA) is 103 Å². The minimum atomic E-state index is -0.190. The number of carbonyl (C=O) groups excluding carboxylic acids is 1. The van der Waals surface area contributed by atoms with E-state index in [-0.39, 0.29) is 18.0 Å². The molecule has 2 aliphatic heterocycles. The average Bonchev–Trinajstić information content (AvgIpc) is 2.98. The summed E-state index contributed by atoms with van der Waals surface area (Å²) < 4.78 is 5.49. The quantitative estimate of drug-likeness (QED) is 0.333. The van der Waals surface area contributed by atoms with E-state index in [9.17, 15) is 9.59 Å². The van der Waals surface area contributed by atoms with Gasteiger partial charge in [-0.3, -0.25) is 19.5 Å². The van der Waals surface area contributed by atoms with Gasteiger partial charge in [0, 0.05) is 85.1 Å². The van der Waals surface area contributed by atoms with Gasteiger partial charge in [-0.05, 0) is 95.3 Å². The van der Waals surface area contributed by atoms with Crippen molar-refractivity contribution < 1.29 is 9.53 Å². The van der Waals surface area contributed by atoms with Gasteiger partial charge in [-0.15, -0.1) is 0 Å². The molecule has 2 unspecified atom stereocenters. The van der Waals surface area contributed by atoms with Crippen LogP contribution in [0.4, 0.5) is 5.69 Å². The molecule has 44 heavy (non-hydrogen) atoms. The molecule has 236 valence electrons. The number of ether oxygens (including phenoxy) is 1. The van der Waals surface area contributed by atoms with Crippen LogP contribution in [0.3, 0.4) is 0 Å². The average molecular weight is 601 g/mol. The number of aryl methyl sites for hydroxylation is 2. The van der Waals surface area contributed by atoms with Crippen LogP contribution in [0.2, 0.25) is 0 Å². The van der Waals surface area contributed by atoms with Crippen molar-refractivity contribution in [1.29, 1.82) is 0 Å². The molecule has 2 atom stereocenters. The Morgan fingerprint density at radius 1 is 1.07 bits per heavy atom. The monoisotopic (exact) mass is 600 g/mol. The number of amides is 1. The summed E-state index contributed by atoms with van der Waals surface area (Å²) in [5.41, 5.74) is 7.67. The maximum Gasteiger partial charge on any atom is 0.253 e. The van der Waals surface area contributed by atoms with Crippen molar-refractivity contribution in [2.45, 2.75) is 85.6 Å². The standard InChI is InChI=1S/C35H48N6O3/c1-7-41(30-15-24(4)38-25(5)16-30)33-18-28(27-8-9-29(36-19-27)21-40-10-12-44-13-11-40)17-31(26(33)6)34(42)37-20-32-22(2)14-23(3)39-35(32)43/h8-9,14,17-19,24-25,30,38H,7,10-13,15-16,20-21H2,1-6H3,(H,37,42)(H,39,43). The van der Waals surface area contributed by atoms with Crippen LogP contribution < -0.4 is 21.1 Å². The van der Waals surface area contributed by atoms with Gasteiger partial charge in [0.2, 0.25) is 0 Å². The molecule has 1 aromatic carbocycles. The van der Waals surface area contributed by atoms with E-state index in [1.807, 2.05) is 39.1 Å². The van der Waals surface area contributed by atoms with Crippen molar-refractivity contribution >= 4 is 11.6 Å². The van der Waals surface area contributed by atoms with Gasteiger partial charge in [0.05, 0.1) is 18.9 Å². The number of hydrogen-bond acceptors (Lipinski definition) is 7. The highest BCUT2D eigenvalue weighted by molar-refractivity contribution is 5.99. The number of aromatic nitrogens is 2. The summed E-state index contributed by atoms with van der Waals surface area (Å²) in [7, 11) is 0. The first-order valence-corrected chi connectivity index (χ1v) is 16.0.